The van der Waals surface area contributed by atoms with Gasteiger partial charge < -0.3 is 11.1 Å². The third kappa shape index (κ3) is 3.57. The highest BCUT2D eigenvalue weighted by Crippen LogP contribution is 2.24. The summed E-state index contributed by atoms with van der Waals surface area (Å²) >= 11 is 0. The van der Waals surface area contributed by atoms with Crippen molar-refractivity contribution in [2.75, 3.05) is 11.9 Å². The maximum absolute atomic E-state index is 11.7. The molecule has 1 aromatic carbocycles. The smallest absolute Gasteiger partial charge is 0.224 e. The molecule has 0 aromatic heterocycles. The van der Waals surface area contributed by atoms with Gasteiger partial charge in [-0.2, -0.15) is 0 Å². The van der Waals surface area contributed by atoms with E-state index >= 15 is 0 Å². The van der Waals surface area contributed by atoms with Crippen LogP contribution in [-0.2, 0) is 17.6 Å². The van der Waals surface area contributed by atoms with E-state index in [9.17, 15) is 4.79 Å². The van der Waals surface area contributed by atoms with Crippen molar-refractivity contribution in [2.24, 2.45) is 5.73 Å². The van der Waals surface area contributed by atoms with Gasteiger partial charge in [-0.1, -0.05) is 12.5 Å². The highest BCUT2D eigenvalue weighted by atomic mass is 16.1. The lowest BCUT2D eigenvalue weighted by molar-refractivity contribution is -0.116. The predicted octanol–water partition coefficient (Wildman–Crippen LogP) is 2.63. The summed E-state index contributed by atoms with van der Waals surface area (Å²) in [5.41, 5.74) is 9.20. The van der Waals surface area contributed by atoms with Gasteiger partial charge >= 0.3 is 0 Å². The number of hydrogen-bond acceptors (Lipinski definition) is 2. The molecule has 1 amide bonds. The van der Waals surface area contributed by atoms with E-state index < -0.39 is 0 Å². The van der Waals surface area contributed by atoms with Crippen LogP contribution in [0.4, 0.5) is 5.69 Å². The van der Waals surface area contributed by atoms with Crippen molar-refractivity contribution < 1.29 is 4.79 Å². The fourth-order valence-corrected chi connectivity index (χ4v) is 2.48. The van der Waals surface area contributed by atoms with Crippen molar-refractivity contribution in [1.82, 2.24) is 0 Å². The Morgan fingerprint density at radius 1 is 1.17 bits per heavy atom. The minimum Gasteiger partial charge on any atom is -0.330 e. The molecule has 1 aliphatic carbocycles. The number of anilines is 1. The van der Waals surface area contributed by atoms with Crippen LogP contribution in [0.2, 0.25) is 0 Å². The van der Waals surface area contributed by atoms with Gasteiger partial charge in [-0.3, -0.25) is 4.79 Å². The summed E-state index contributed by atoms with van der Waals surface area (Å²) in [6.45, 7) is 0.715. The van der Waals surface area contributed by atoms with Crippen molar-refractivity contribution in [2.45, 2.75) is 44.9 Å². The fourth-order valence-electron chi connectivity index (χ4n) is 2.48. The Bertz CT molecular complexity index is 415. The first-order valence-corrected chi connectivity index (χ1v) is 6.91. The number of carbonyl (C=O) groups excluding carboxylic acids is 1. The summed E-state index contributed by atoms with van der Waals surface area (Å²) in [5, 5.41) is 2.98. The molecule has 0 saturated carbocycles. The number of aryl methyl sites for hydroxylation is 2. The van der Waals surface area contributed by atoms with Gasteiger partial charge in [-0.25, -0.2) is 0 Å². The van der Waals surface area contributed by atoms with E-state index in [0.29, 0.717) is 13.0 Å². The zero-order valence-corrected chi connectivity index (χ0v) is 10.9. The molecule has 0 heterocycles. The topological polar surface area (TPSA) is 55.1 Å². The van der Waals surface area contributed by atoms with E-state index in [-0.39, 0.29) is 5.91 Å². The molecule has 0 bridgehead atoms. The Morgan fingerprint density at radius 2 is 2.00 bits per heavy atom. The molecule has 0 radical (unpaired) electrons. The van der Waals surface area contributed by atoms with E-state index in [4.69, 9.17) is 5.73 Å². The average Bonchev–Trinajstić information content (AvgIpc) is 2.82. The number of benzene rings is 1. The van der Waals surface area contributed by atoms with Gasteiger partial charge in [0.15, 0.2) is 0 Å². The van der Waals surface area contributed by atoms with Gasteiger partial charge in [-0.15, -0.1) is 0 Å². The molecule has 1 aliphatic rings. The third-order valence-corrected chi connectivity index (χ3v) is 3.49. The molecule has 3 nitrogen and oxygen atoms in total. The van der Waals surface area contributed by atoms with Gasteiger partial charge in [0, 0.05) is 12.1 Å². The summed E-state index contributed by atoms with van der Waals surface area (Å²) in [6.07, 6.45) is 7.13. The number of unbranched alkanes of at least 4 members (excludes halogenated alkanes) is 2. The Labute approximate surface area is 109 Å². The van der Waals surface area contributed by atoms with Gasteiger partial charge in [0.05, 0.1) is 0 Å². The van der Waals surface area contributed by atoms with Crippen molar-refractivity contribution in [3.8, 4) is 0 Å². The molecule has 18 heavy (non-hydrogen) atoms. The molecule has 3 heteroatoms. The maximum Gasteiger partial charge on any atom is 0.224 e. The first-order valence-electron chi connectivity index (χ1n) is 6.91. The lowest BCUT2D eigenvalue weighted by Gasteiger charge is -2.07. The zero-order chi connectivity index (χ0) is 12.8. The van der Waals surface area contributed by atoms with Crippen LogP contribution in [0.25, 0.3) is 0 Å². The molecule has 0 saturated heterocycles. The summed E-state index contributed by atoms with van der Waals surface area (Å²) < 4.78 is 0. The van der Waals surface area contributed by atoms with E-state index in [0.717, 1.165) is 31.4 Å². The first kappa shape index (κ1) is 13.1. The molecule has 0 atom stereocenters. The minimum absolute atomic E-state index is 0.116. The van der Waals surface area contributed by atoms with E-state index in [2.05, 4.69) is 17.4 Å². The van der Waals surface area contributed by atoms with Crippen LogP contribution in [0.3, 0.4) is 0 Å². The molecule has 0 fully saturated rings. The monoisotopic (exact) mass is 246 g/mol. The number of nitrogens with two attached hydrogens (primary N) is 1. The number of carbonyl (C=O) groups is 1. The summed E-state index contributed by atoms with van der Waals surface area (Å²) in [6, 6.07) is 6.29. The van der Waals surface area contributed by atoms with Gasteiger partial charge in [0.1, 0.15) is 0 Å². The zero-order valence-electron chi connectivity index (χ0n) is 10.9. The minimum atomic E-state index is 0.116. The van der Waals surface area contributed by atoms with Crippen LogP contribution < -0.4 is 11.1 Å². The van der Waals surface area contributed by atoms with Crippen LogP contribution in [0.15, 0.2) is 18.2 Å². The van der Waals surface area contributed by atoms with E-state index in [1.54, 1.807) is 0 Å². The molecule has 2 rings (SSSR count). The van der Waals surface area contributed by atoms with Crippen molar-refractivity contribution in [3.05, 3.63) is 29.3 Å². The summed E-state index contributed by atoms with van der Waals surface area (Å²) in [4.78, 5) is 11.7. The first-order chi connectivity index (χ1) is 8.79. The lowest BCUT2D eigenvalue weighted by atomic mass is 10.1. The van der Waals surface area contributed by atoms with Crippen molar-refractivity contribution in [3.63, 3.8) is 0 Å². The third-order valence-electron chi connectivity index (χ3n) is 3.49. The number of rotatable bonds is 6. The average molecular weight is 246 g/mol. The number of fused-ring (bicyclic) bond motifs is 1. The fraction of sp³-hybridized carbons (Fsp3) is 0.533. The van der Waals surface area contributed by atoms with Crippen LogP contribution in [0.5, 0.6) is 0 Å². The molecule has 0 unspecified atom stereocenters. The molecular formula is C15H22N2O. The predicted molar refractivity (Wildman–Crippen MR) is 74.6 cm³/mol. The second-order valence-electron chi connectivity index (χ2n) is 4.98. The largest absolute Gasteiger partial charge is 0.330 e. The Hall–Kier alpha value is -1.35. The molecule has 0 spiro atoms. The molecular weight excluding hydrogens is 224 g/mol. The Balaban J connectivity index is 1.80. The van der Waals surface area contributed by atoms with Gasteiger partial charge in [0.25, 0.3) is 0 Å². The summed E-state index contributed by atoms with van der Waals surface area (Å²) in [5.74, 6) is 0.116. The normalized spacial score (nSPS) is 13.4. The number of nitrogens with one attached hydrogen (secondary N) is 1. The summed E-state index contributed by atoms with van der Waals surface area (Å²) in [7, 11) is 0. The van der Waals surface area contributed by atoms with E-state index in [1.807, 2.05) is 6.07 Å². The number of amides is 1. The standard InChI is InChI=1S/C15H22N2O/c16-10-3-1-2-7-15(18)17-14-9-8-12-5-4-6-13(12)11-14/h8-9,11H,1-7,10,16H2,(H,17,18). The molecule has 3 N–H and O–H groups in total. The van der Waals surface area contributed by atoms with Crippen LogP contribution in [-0.4, -0.2) is 12.5 Å². The lowest BCUT2D eigenvalue weighted by Crippen LogP contribution is -2.11. The Kier molecular flexibility index (Phi) is 4.76. The quantitative estimate of drug-likeness (QED) is 0.758. The molecule has 98 valence electrons. The Morgan fingerprint density at radius 3 is 2.83 bits per heavy atom. The molecule has 1 aromatic rings. The van der Waals surface area contributed by atoms with Crippen molar-refractivity contribution in [1.29, 1.82) is 0 Å². The molecule has 0 aliphatic heterocycles. The van der Waals surface area contributed by atoms with Gasteiger partial charge in [-0.05, 0) is 61.9 Å². The van der Waals surface area contributed by atoms with Gasteiger partial charge in [0.2, 0.25) is 5.91 Å². The highest BCUT2D eigenvalue weighted by Gasteiger charge is 2.11. The number of hydrogen-bond donors (Lipinski definition) is 2. The maximum atomic E-state index is 11.7. The van der Waals surface area contributed by atoms with Crippen LogP contribution in [0.1, 0.15) is 43.2 Å². The van der Waals surface area contributed by atoms with Crippen LogP contribution in [0, 0.1) is 0 Å². The van der Waals surface area contributed by atoms with Crippen LogP contribution >= 0.6 is 0 Å². The van der Waals surface area contributed by atoms with Crippen molar-refractivity contribution >= 4 is 11.6 Å². The highest BCUT2D eigenvalue weighted by molar-refractivity contribution is 5.90. The SMILES string of the molecule is NCCCCCC(=O)Nc1ccc2c(c1)CCC2. The second kappa shape index (κ2) is 6.55. The second-order valence-corrected chi connectivity index (χ2v) is 4.98. The van der Waals surface area contributed by atoms with E-state index in [1.165, 1.54) is 24.0 Å².